The van der Waals surface area contributed by atoms with E-state index in [0.717, 1.165) is 25.3 Å². The molecule has 0 aliphatic heterocycles. The highest BCUT2D eigenvalue weighted by Crippen LogP contribution is 2.30. The monoisotopic (exact) mass is 580 g/mol. The van der Waals surface area contributed by atoms with Crippen molar-refractivity contribution in [2.45, 2.75) is 119 Å². The molecule has 0 aromatic heterocycles. The maximum atomic E-state index is 13.9. The van der Waals surface area contributed by atoms with Crippen LogP contribution in [0.25, 0.3) is 0 Å². The van der Waals surface area contributed by atoms with Crippen LogP contribution in [0.5, 0.6) is 0 Å². The topological polar surface area (TPSA) is 42.0 Å². The molecule has 0 radical (unpaired) electrons. The Balaban J connectivity index is 2.73. The molecule has 0 N–H and O–H groups in total. The van der Waals surface area contributed by atoms with E-state index in [-0.39, 0.29) is 30.1 Å². The molecule has 1 amide bonds. The molecule has 0 unspecified atom stereocenters. The Kier molecular flexibility index (Phi) is 13.7. The van der Waals surface area contributed by atoms with Gasteiger partial charge in [-0.2, -0.15) is 0 Å². The quantitative estimate of drug-likeness (QED) is 0.156. The molecule has 0 heterocycles. The number of amides is 1. The maximum Gasteiger partial charge on any atom is 0.411 e. The summed E-state index contributed by atoms with van der Waals surface area (Å²) in [5, 5.41) is 0. The minimum absolute atomic E-state index is 0.0203. The Morgan fingerprint density at radius 2 is 1.24 bits per heavy atom. The molecular weight excluding hydrogens is 524 g/mol. The summed E-state index contributed by atoms with van der Waals surface area (Å²) in [4.78, 5) is 18.3. The van der Waals surface area contributed by atoms with E-state index in [1.807, 2.05) is 32.6 Å². The zero-order chi connectivity index (χ0) is 30.7. The second-order valence-electron chi connectivity index (χ2n) is 13.5. The van der Waals surface area contributed by atoms with Gasteiger partial charge in [0.25, 0.3) is 0 Å². The summed E-state index contributed by atoms with van der Waals surface area (Å²) < 4.78 is 13.4. The third-order valence-corrected chi connectivity index (χ3v) is 7.59. The first-order chi connectivity index (χ1) is 19.2. The van der Waals surface area contributed by atoms with Crippen molar-refractivity contribution in [3.05, 3.63) is 83.6 Å². The highest BCUT2D eigenvalue weighted by atomic mass is 28.4. The fraction of sp³-hybridized carbons (Fsp3) is 0.571. The van der Waals surface area contributed by atoms with Gasteiger partial charge in [-0.25, -0.2) is 4.79 Å². The van der Waals surface area contributed by atoms with E-state index >= 15 is 0 Å². The number of carbonyl (C=O) groups is 1. The molecule has 41 heavy (non-hydrogen) atoms. The van der Waals surface area contributed by atoms with Gasteiger partial charge in [-0.3, -0.25) is 4.90 Å². The van der Waals surface area contributed by atoms with Gasteiger partial charge in [-0.1, -0.05) is 88.4 Å². The van der Waals surface area contributed by atoms with E-state index in [2.05, 4.69) is 119 Å². The number of allylic oxidation sites excluding steroid dienone is 1. The van der Waals surface area contributed by atoms with Gasteiger partial charge in [0.15, 0.2) is 6.10 Å². The van der Waals surface area contributed by atoms with Gasteiger partial charge >= 0.3 is 6.09 Å². The predicted octanol–water partition coefficient (Wildman–Crippen LogP) is 9.12. The predicted molar refractivity (Wildman–Crippen MR) is 175 cm³/mol. The summed E-state index contributed by atoms with van der Waals surface area (Å²) in [6, 6.07) is 21.1. The van der Waals surface area contributed by atoms with E-state index < -0.39 is 14.4 Å². The van der Waals surface area contributed by atoms with Crippen molar-refractivity contribution in [2.75, 3.05) is 0 Å². The van der Waals surface area contributed by atoms with Crippen LogP contribution in [0.4, 0.5) is 4.79 Å². The molecule has 0 spiro atoms. The van der Waals surface area contributed by atoms with Crippen LogP contribution in [0.15, 0.2) is 72.5 Å². The largest absolute Gasteiger partial charge is 0.545 e. The van der Waals surface area contributed by atoms with Gasteiger partial charge < -0.3 is 14.1 Å². The third kappa shape index (κ3) is 12.1. The smallest absolute Gasteiger partial charge is 0.411 e. The first kappa shape index (κ1) is 34.6. The Morgan fingerprint density at radius 1 is 0.780 bits per heavy atom. The lowest BCUT2D eigenvalue weighted by molar-refractivity contribution is -0.0102. The molecule has 5 nitrogen and oxygen atoms in total. The number of hydrogen-bond donors (Lipinski definition) is 0. The zero-order valence-electron chi connectivity index (χ0n) is 27.6. The highest BCUT2D eigenvalue weighted by molar-refractivity contribution is 6.70. The van der Waals surface area contributed by atoms with E-state index in [9.17, 15) is 4.79 Å². The van der Waals surface area contributed by atoms with Gasteiger partial charge in [0.2, 0.25) is 8.32 Å². The Bertz CT molecular complexity index is 1010. The Morgan fingerprint density at radius 3 is 1.61 bits per heavy atom. The molecule has 2 aromatic rings. The minimum Gasteiger partial charge on any atom is -0.545 e. The SMILES string of the molecule is CC(C)/C=C(\O[Si](C)(C)C)[C@@H](OC(=O)N(C(C)C)C(C)C)[C@H](CC(C)C)N(Cc1ccccc1)Cc1ccccc1. The summed E-state index contributed by atoms with van der Waals surface area (Å²) in [6.07, 6.45) is 2.18. The fourth-order valence-corrected chi connectivity index (χ4v) is 6.15. The summed E-state index contributed by atoms with van der Waals surface area (Å²) in [5.74, 6) is 1.41. The summed E-state index contributed by atoms with van der Waals surface area (Å²) in [7, 11) is -2.03. The normalized spacial score (nSPS) is 14.2. The van der Waals surface area contributed by atoms with Gasteiger partial charge in [0.1, 0.15) is 5.76 Å². The van der Waals surface area contributed by atoms with Crippen LogP contribution >= 0.6 is 0 Å². The van der Waals surface area contributed by atoms with Gasteiger partial charge in [-0.15, -0.1) is 0 Å². The van der Waals surface area contributed by atoms with E-state index in [4.69, 9.17) is 9.16 Å². The second-order valence-corrected chi connectivity index (χ2v) is 17.9. The van der Waals surface area contributed by atoms with Gasteiger partial charge in [-0.05, 0) is 82.8 Å². The number of carbonyl (C=O) groups excluding carboxylic acids is 1. The van der Waals surface area contributed by atoms with Gasteiger partial charge in [0, 0.05) is 25.2 Å². The molecular formula is C35H56N2O3Si. The molecule has 0 aliphatic carbocycles. The number of nitrogens with zero attached hydrogens (tertiary/aromatic N) is 2. The fourth-order valence-electron chi connectivity index (χ4n) is 5.26. The summed E-state index contributed by atoms with van der Waals surface area (Å²) in [5.41, 5.74) is 2.46. The first-order valence-corrected chi connectivity index (χ1v) is 18.8. The first-order valence-electron chi connectivity index (χ1n) is 15.4. The van der Waals surface area contributed by atoms with Crippen LogP contribution in [-0.2, 0) is 22.3 Å². The molecule has 0 bridgehead atoms. The lowest BCUT2D eigenvalue weighted by Crippen LogP contribution is -2.51. The minimum atomic E-state index is -2.03. The molecule has 2 aromatic carbocycles. The molecule has 0 saturated carbocycles. The average molecular weight is 581 g/mol. The summed E-state index contributed by atoms with van der Waals surface area (Å²) in [6.45, 7) is 25.0. The van der Waals surface area contributed by atoms with Crippen molar-refractivity contribution in [3.8, 4) is 0 Å². The van der Waals surface area contributed by atoms with Crippen LogP contribution in [0.2, 0.25) is 19.6 Å². The molecule has 228 valence electrons. The van der Waals surface area contributed by atoms with Crippen LogP contribution in [0.3, 0.4) is 0 Å². The third-order valence-electron chi connectivity index (χ3n) is 6.74. The number of benzene rings is 2. The number of rotatable bonds is 15. The van der Waals surface area contributed by atoms with Crippen molar-refractivity contribution in [3.63, 3.8) is 0 Å². The Hall–Kier alpha value is -2.57. The molecule has 0 aliphatic rings. The molecule has 0 saturated heterocycles. The van der Waals surface area contributed by atoms with Crippen LogP contribution in [0, 0.1) is 11.8 Å². The van der Waals surface area contributed by atoms with Crippen molar-refractivity contribution in [2.24, 2.45) is 11.8 Å². The lowest BCUT2D eigenvalue weighted by Gasteiger charge is -2.41. The van der Waals surface area contributed by atoms with E-state index in [1.165, 1.54) is 11.1 Å². The van der Waals surface area contributed by atoms with Crippen molar-refractivity contribution in [1.82, 2.24) is 9.80 Å². The van der Waals surface area contributed by atoms with E-state index in [1.54, 1.807) is 0 Å². The highest BCUT2D eigenvalue weighted by Gasteiger charge is 2.38. The summed E-state index contributed by atoms with van der Waals surface area (Å²) >= 11 is 0. The van der Waals surface area contributed by atoms with Crippen molar-refractivity contribution in [1.29, 1.82) is 0 Å². The van der Waals surface area contributed by atoms with E-state index in [0.29, 0.717) is 5.92 Å². The number of ether oxygens (including phenoxy) is 1. The average Bonchev–Trinajstić information content (AvgIpc) is 2.85. The van der Waals surface area contributed by atoms with Crippen molar-refractivity contribution >= 4 is 14.4 Å². The van der Waals surface area contributed by atoms with Crippen LogP contribution < -0.4 is 0 Å². The van der Waals surface area contributed by atoms with Crippen molar-refractivity contribution < 1.29 is 14.0 Å². The second kappa shape index (κ2) is 16.2. The maximum absolute atomic E-state index is 13.9. The zero-order valence-corrected chi connectivity index (χ0v) is 28.6. The standard InChI is InChI=1S/C35H56N2O3Si/c1-26(2)22-32(36(24-30-18-14-12-15-19-30)25-31-20-16-13-17-21-31)34(33(23-27(3)4)40-41(9,10)11)39-35(38)37(28(5)6)29(7)8/h12-21,23,26-29,32,34H,22,24-25H2,1-11H3/b33-23-/t32-,34-/m0/s1. The number of hydrogen-bond acceptors (Lipinski definition) is 4. The molecule has 2 atom stereocenters. The molecule has 0 fully saturated rings. The lowest BCUT2D eigenvalue weighted by atomic mass is 9.94. The molecule has 6 heteroatoms. The van der Waals surface area contributed by atoms with Gasteiger partial charge in [0.05, 0.1) is 6.04 Å². The Labute approximate surface area is 252 Å². The van der Waals surface area contributed by atoms with Crippen LogP contribution in [-0.4, -0.2) is 48.4 Å². The van der Waals surface area contributed by atoms with Crippen LogP contribution in [0.1, 0.15) is 72.9 Å². The molecule has 2 rings (SSSR count).